The molecule has 0 bridgehead atoms. The molecule has 1 heterocycles. The van der Waals surface area contributed by atoms with Gasteiger partial charge in [0.1, 0.15) is 19.6 Å². The fraction of sp³-hybridized carbons (Fsp3) is 0.857. The van der Waals surface area contributed by atoms with E-state index in [4.69, 9.17) is 0 Å². The molecule has 0 saturated carbocycles. The van der Waals surface area contributed by atoms with Crippen LogP contribution in [0, 0.1) is 0 Å². The Bertz CT molecular complexity index is 771. The maximum atomic E-state index is 12.4. The molecule has 0 aromatic carbocycles. The zero-order valence-corrected chi connectivity index (χ0v) is 31.4. The van der Waals surface area contributed by atoms with Crippen LogP contribution in [0.15, 0.2) is 24.3 Å². The van der Waals surface area contributed by atoms with Crippen molar-refractivity contribution >= 4 is 11.7 Å². The fourth-order valence-corrected chi connectivity index (χ4v) is 6.73. The van der Waals surface area contributed by atoms with Gasteiger partial charge in [0.15, 0.2) is 0 Å². The van der Waals surface area contributed by atoms with Gasteiger partial charge in [-0.25, -0.2) is 0 Å². The molecule has 1 N–H and O–H groups in total. The van der Waals surface area contributed by atoms with Gasteiger partial charge in [0.25, 0.3) is 0 Å². The molecule has 1 aliphatic rings. The Morgan fingerprint density at radius 1 is 0.609 bits per heavy atom. The molecule has 1 amide bonds. The Labute approximate surface area is 288 Å². The Balaban J connectivity index is 2.03. The molecule has 0 saturated heterocycles. The van der Waals surface area contributed by atoms with Crippen molar-refractivity contribution in [1.82, 2.24) is 10.2 Å². The molecule has 0 radical (unpaired) electrons. The normalized spacial score (nSPS) is 13.7. The first-order valence-corrected chi connectivity index (χ1v) is 20.6. The van der Waals surface area contributed by atoms with Crippen LogP contribution in [0.1, 0.15) is 201 Å². The molecule has 0 unspecified atom stereocenters. The highest BCUT2D eigenvalue weighted by atomic mass is 16.1. The average Bonchev–Trinajstić information content (AvgIpc) is 3.46. The minimum Gasteiger partial charge on any atom is -0.352 e. The predicted octanol–water partition coefficient (Wildman–Crippen LogP) is 11.9. The standard InChI is InChI=1S/C42H79N3O/c1-4-7-9-11-13-15-17-19-21-23-25-27-29-31-33-35-41(46)43-37-38-45-40-39-44(6-3)42(45)36-34-32-30-28-26-24-22-20-18-16-14-12-10-8-5-2/h19-22H,4-18,23-40H2,1-3H3/p+1/b21-19-,22-20+. The van der Waals surface area contributed by atoms with Gasteiger partial charge in [-0.05, 0) is 71.1 Å². The van der Waals surface area contributed by atoms with E-state index in [2.05, 4.69) is 59.9 Å². The number of hydrogen-bond donors (Lipinski definition) is 1. The van der Waals surface area contributed by atoms with E-state index in [1.165, 1.54) is 173 Å². The van der Waals surface area contributed by atoms with E-state index in [0.29, 0.717) is 6.42 Å². The molecule has 0 fully saturated rings. The summed E-state index contributed by atoms with van der Waals surface area (Å²) in [6, 6.07) is 0. The summed E-state index contributed by atoms with van der Waals surface area (Å²) < 4.78 is 2.54. The van der Waals surface area contributed by atoms with E-state index < -0.39 is 0 Å². The predicted molar refractivity (Wildman–Crippen MR) is 204 cm³/mol. The summed E-state index contributed by atoms with van der Waals surface area (Å²) in [6.07, 6.45) is 45.9. The van der Waals surface area contributed by atoms with Crippen molar-refractivity contribution in [3.8, 4) is 0 Å². The number of carbonyl (C=O) groups is 1. The second-order valence-corrected chi connectivity index (χ2v) is 14.0. The van der Waals surface area contributed by atoms with E-state index in [1.54, 1.807) is 0 Å². The maximum Gasteiger partial charge on any atom is 0.247 e. The number of allylic oxidation sites excluding steroid dienone is 4. The molecule has 46 heavy (non-hydrogen) atoms. The SMILES string of the molecule is CCCCCCCC/C=C\CCCCCCCC(=O)NCC[N+]1=C(CCCCCCC/C=C/CCCCCCCC)N(CC)CC1. The van der Waals surface area contributed by atoms with Gasteiger partial charge in [0.05, 0.1) is 13.1 Å². The number of amidine groups is 1. The van der Waals surface area contributed by atoms with Gasteiger partial charge >= 0.3 is 0 Å². The van der Waals surface area contributed by atoms with E-state index in [-0.39, 0.29) is 5.91 Å². The highest BCUT2D eigenvalue weighted by Gasteiger charge is 2.28. The van der Waals surface area contributed by atoms with Crippen molar-refractivity contribution in [2.24, 2.45) is 0 Å². The Hall–Kier alpha value is -1.58. The van der Waals surface area contributed by atoms with Gasteiger partial charge in [0, 0.05) is 12.8 Å². The Morgan fingerprint density at radius 2 is 1.04 bits per heavy atom. The van der Waals surface area contributed by atoms with Crippen molar-refractivity contribution in [2.75, 3.05) is 32.7 Å². The second kappa shape index (κ2) is 33.3. The molecule has 1 rings (SSSR count). The number of nitrogens with zero attached hydrogens (tertiary/aromatic N) is 2. The third-order valence-electron chi connectivity index (χ3n) is 9.78. The smallest absolute Gasteiger partial charge is 0.247 e. The summed E-state index contributed by atoms with van der Waals surface area (Å²) >= 11 is 0. The molecule has 0 aliphatic carbocycles. The van der Waals surface area contributed by atoms with Crippen LogP contribution in [-0.4, -0.2) is 53.9 Å². The zero-order valence-electron chi connectivity index (χ0n) is 31.4. The first-order valence-electron chi connectivity index (χ1n) is 20.6. The molecular formula is C42H80N3O+. The number of amides is 1. The number of nitrogens with one attached hydrogen (secondary N) is 1. The number of rotatable bonds is 34. The minimum absolute atomic E-state index is 0.239. The number of unbranched alkanes of at least 4 members (excludes halogenated alkanes) is 22. The lowest BCUT2D eigenvalue weighted by Crippen LogP contribution is -2.33. The molecule has 0 aromatic rings. The minimum atomic E-state index is 0.239. The molecular weight excluding hydrogens is 562 g/mol. The van der Waals surface area contributed by atoms with Crippen molar-refractivity contribution in [2.45, 2.75) is 201 Å². The largest absolute Gasteiger partial charge is 0.352 e. The molecule has 4 nitrogen and oxygen atoms in total. The van der Waals surface area contributed by atoms with Crippen molar-refractivity contribution in [3.05, 3.63) is 24.3 Å². The lowest BCUT2D eigenvalue weighted by atomic mass is 10.1. The average molecular weight is 643 g/mol. The quantitative estimate of drug-likeness (QED) is 0.0430. The third kappa shape index (κ3) is 25.5. The van der Waals surface area contributed by atoms with Crippen molar-refractivity contribution < 1.29 is 9.37 Å². The van der Waals surface area contributed by atoms with Crippen LogP contribution in [0.2, 0.25) is 0 Å². The molecule has 0 aromatic heterocycles. The summed E-state index contributed by atoms with van der Waals surface area (Å²) in [7, 11) is 0. The Kier molecular flexibility index (Phi) is 30.7. The van der Waals surface area contributed by atoms with E-state index in [1.807, 2.05) is 0 Å². The first-order chi connectivity index (χ1) is 22.7. The summed E-state index contributed by atoms with van der Waals surface area (Å²) in [4.78, 5) is 15.0. The maximum absolute atomic E-state index is 12.4. The van der Waals surface area contributed by atoms with Crippen LogP contribution in [0.25, 0.3) is 0 Å². The van der Waals surface area contributed by atoms with Gasteiger partial charge in [-0.1, -0.05) is 141 Å². The van der Waals surface area contributed by atoms with E-state index in [0.717, 1.165) is 39.1 Å². The number of hydrogen-bond acceptors (Lipinski definition) is 2. The Morgan fingerprint density at radius 3 is 1.52 bits per heavy atom. The zero-order chi connectivity index (χ0) is 33.2. The highest BCUT2D eigenvalue weighted by Crippen LogP contribution is 2.14. The van der Waals surface area contributed by atoms with Crippen LogP contribution in [0.5, 0.6) is 0 Å². The molecule has 1 aliphatic heterocycles. The van der Waals surface area contributed by atoms with Crippen LogP contribution < -0.4 is 5.32 Å². The van der Waals surface area contributed by atoms with Crippen molar-refractivity contribution in [3.63, 3.8) is 0 Å². The molecule has 0 spiro atoms. The molecule has 0 atom stereocenters. The fourth-order valence-electron chi connectivity index (χ4n) is 6.73. The monoisotopic (exact) mass is 643 g/mol. The van der Waals surface area contributed by atoms with Gasteiger partial charge < -0.3 is 5.32 Å². The molecule has 4 heteroatoms. The van der Waals surface area contributed by atoms with Gasteiger partial charge in [-0.3, -0.25) is 14.3 Å². The van der Waals surface area contributed by atoms with Crippen LogP contribution >= 0.6 is 0 Å². The highest BCUT2D eigenvalue weighted by molar-refractivity contribution is 5.78. The van der Waals surface area contributed by atoms with E-state index in [9.17, 15) is 4.79 Å². The third-order valence-corrected chi connectivity index (χ3v) is 9.78. The number of likely N-dealkylation sites (N-methyl/N-ethyl adjacent to an activating group) is 1. The molecule has 268 valence electrons. The summed E-state index contributed by atoms with van der Waals surface area (Å²) in [5, 5.41) is 3.21. The lowest BCUT2D eigenvalue weighted by Gasteiger charge is -2.12. The summed E-state index contributed by atoms with van der Waals surface area (Å²) in [5.74, 6) is 1.76. The second-order valence-electron chi connectivity index (χ2n) is 14.0. The first kappa shape index (κ1) is 42.4. The van der Waals surface area contributed by atoms with Crippen molar-refractivity contribution in [1.29, 1.82) is 0 Å². The summed E-state index contributed by atoms with van der Waals surface area (Å²) in [6.45, 7) is 11.9. The van der Waals surface area contributed by atoms with Gasteiger partial charge in [-0.2, -0.15) is 0 Å². The van der Waals surface area contributed by atoms with Crippen LogP contribution in [0.4, 0.5) is 0 Å². The van der Waals surface area contributed by atoms with Crippen LogP contribution in [-0.2, 0) is 4.79 Å². The topological polar surface area (TPSA) is 35.4 Å². The van der Waals surface area contributed by atoms with Crippen LogP contribution in [0.3, 0.4) is 0 Å². The van der Waals surface area contributed by atoms with E-state index >= 15 is 0 Å². The lowest BCUT2D eigenvalue weighted by molar-refractivity contribution is -0.517. The summed E-state index contributed by atoms with van der Waals surface area (Å²) in [5.41, 5.74) is 0. The number of carbonyl (C=O) groups excluding carboxylic acids is 1. The van der Waals surface area contributed by atoms with Gasteiger partial charge in [0.2, 0.25) is 11.7 Å². The van der Waals surface area contributed by atoms with Gasteiger partial charge in [-0.15, -0.1) is 0 Å².